The second-order valence-corrected chi connectivity index (χ2v) is 4.52. The third-order valence-corrected chi connectivity index (χ3v) is 3.17. The number of hydrogen-bond donors (Lipinski definition) is 1. The van der Waals surface area contributed by atoms with Crippen LogP contribution >= 0.6 is 0 Å². The van der Waals surface area contributed by atoms with Crippen molar-refractivity contribution in [1.29, 1.82) is 0 Å². The number of nitrogens with zero attached hydrogens (tertiary/aromatic N) is 2. The zero-order chi connectivity index (χ0) is 13.0. The van der Waals surface area contributed by atoms with E-state index >= 15 is 0 Å². The average Bonchev–Trinajstić information content (AvgIpc) is 2.78. The van der Waals surface area contributed by atoms with E-state index in [1.165, 1.54) is 6.07 Å². The van der Waals surface area contributed by atoms with Gasteiger partial charge < -0.3 is 5.73 Å². The molecule has 0 fully saturated rings. The maximum atomic E-state index is 13.7. The van der Waals surface area contributed by atoms with E-state index in [0.29, 0.717) is 12.1 Å². The van der Waals surface area contributed by atoms with Gasteiger partial charge in [-0.05, 0) is 42.5 Å². The third-order valence-electron chi connectivity index (χ3n) is 3.17. The van der Waals surface area contributed by atoms with E-state index in [2.05, 4.69) is 5.10 Å². The van der Waals surface area contributed by atoms with Crippen LogP contribution in [0, 0.1) is 5.82 Å². The van der Waals surface area contributed by atoms with E-state index in [1.807, 2.05) is 31.6 Å². The maximum Gasteiger partial charge on any atom is 0.126 e. The van der Waals surface area contributed by atoms with Gasteiger partial charge in [0.15, 0.2) is 0 Å². The van der Waals surface area contributed by atoms with E-state index in [1.54, 1.807) is 10.7 Å². The molecule has 4 heteroatoms. The van der Waals surface area contributed by atoms with E-state index in [4.69, 9.17) is 5.73 Å². The first-order valence-corrected chi connectivity index (χ1v) is 6.12. The molecule has 1 atom stereocenters. The Bertz CT molecular complexity index is 507. The van der Waals surface area contributed by atoms with Crippen molar-refractivity contribution >= 4 is 0 Å². The number of benzene rings is 1. The van der Waals surface area contributed by atoms with Crippen LogP contribution in [0.15, 0.2) is 36.7 Å². The smallest absolute Gasteiger partial charge is 0.126 e. The Morgan fingerprint density at radius 3 is 2.78 bits per heavy atom. The highest BCUT2D eigenvalue weighted by atomic mass is 19.1. The molecule has 2 N–H and O–H groups in total. The highest BCUT2D eigenvalue weighted by Gasteiger charge is 2.14. The molecule has 2 rings (SSSR count). The molecule has 3 nitrogen and oxygen atoms in total. The molecule has 0 saturated carbocycles. The van der Waals surface area contributed by atoms with E-state index in [0.717, 1.165) is 18.4 Å². The van der Waals surface area contributed by atoms with Gasteiger partial charge in [0.25, 0.3) is 0 Å². The predicted molar refractivity (Wildman–Crippen MR) is 69.7 cm³/mol. The lowest BCUT2D eigenvalue weighted by Gasteiger charge is -2.15. The quantitative estimate of drug-likeness (QED) is 0.880. The largest absolute Gasteiger partial charge is 0.330 e. The summed E-state index contributed by atoms with van der Waals surface area (Å²) in [6.45, 7) is 0.460. The summed E-state index contributed by atoms with van der Waals surface area (Å²) in [4.78, 5) is 0. The lowest BCUT2D eigenvalue weighted by molar-refractivity contribution is 0.558. The molecule has 1 aromatic heterocycles. The summed E-state index contributed by atoms with van der Waals surface area (Å²) in [5.41, 5.74) is 7.63. The van der Waals surface area contributed by atoms with Gasteiger partial charge in [0.05, 0.1) is 6.20 Å². The first-order chi connectivity index (χ1) is 8.70. The summed E-state index contributed by atoms with van der Waals surface area (Å²) in [5.74, 6) is -0.106. The van der Waals surface area contributed by atoms with Gasteiger partial charge in [-0.1, -0.05) is 18.2 Å². The molecular formula is C14H18FN3. The van der Waals surface area contributed by atoms with Crippen LogP contribution < -0.4 is 5.73 Å². The molecule has 0 spiro atoms. The van der Waals surface area contributed by atoms with E-state index in [-0.39, 0.29) is 11.7 Å². The summed E-state index contributed by atoms with van der Waals surface area (Å²) >= 11 is 0. The van der Waals surface area contributed by atoms with Crippen molar-refractivity contribution < 1.29 is 4.39 Å². The molecule has 0 saturated heterocycles. The molecule has 2 aromatic rings. The molecular weight excluding hydrogens is 229 g/mol. The first-order valence-electron chi connectivity index (χ1n) is 6.12. The van der Waals surface area contributed by atoms with Crippen molar-refractivity contribution in [3.63, 3.8) is 0 Å². The average molecular weight is 247 g/mol. The Morgan fingerprint density at radius 1 is 1.39 bits per heavy atom. The van der Waals surface area contributed by atoms with Crippen molar-refractivity contribution in [2.45, 2.75) is 18.8 Å². The molecule has 96 valence electrons. The number of halogens is 1. The monoisotopic (exact) mass is 247 g/mol. The van der Waals surface area contributed by atoms with Gasteiger partial charge in [-0.25, -0.2) is 4.39 Å². The van der Waals surface area contributed by atoms with Crippen LogP contribution in [0.25, 0.3) is 0 Å². The number of aromatic nitrogens is 2. The maximum absolute atomic E-state index is 13.7. The lowest BCUT2D eigenvalue weighted by atomic mass is 9.93. The SMILES string of the molecule is Cn1cc(CCC(CN)c2ccccc2F)cn1. The molecule has 0 aliphatic rings. The summed E-state index contributed by atoms with van der Waals surface area (Å²) in [6, 6.07) is 6.86. The van der Waals surface area contributed by atoms with Crippen molar-refractivity contribution in [1.82, 2.24) is 9.78 Å². The second-order valence-electron chi connectivity index (χ2n) is 4.52. The topological polar surface area (TPSA) is 43.8 Å². The first kappa shape index (κ1) is 12.8. The van der Waals surface area contributed by atoms with Crippen LogP contribution in [0.3, 0.4) is 0 Å². The summed E-state index contributed by atoms with van der Waals surface area (Å²) in [7, 11) is 1.89. The predicted octanol–water partition coefficient (Wildman–Crippen LogP) is 2.23. The van der Waals surface area contributed by atoms with Crippen molar-refractivity contribution in [2.75, 3.05) is 6.54 Å². The minimum atomic E-state index is -0.167. The summed E-state index contributed by atoms with van der Waals surface area (Å²) in [5, 5.41) is 4.12. The third kappa shape index (κ3) is 2.96. The van der Waals surface area contributed by atoms with Gasteiger partial charge in [0.1, 0.15) is 5.82 Å². The van der Waals surface area contributed by atoms with Gasteiger partial charge in [0, 0.05) is 13.2 Å². The van der Waals surface area contributed by atoms with Gasteiger partial charge in [0.2, 0.25) is 0 Å². The molecule has 1 aromatic carbocycles. The van der Waals surface area contributed by atoms with Crippen LogP contribution in [0.4, 0.5) is 4.39 Å². The summed E-state index contributed by atoms with van der Waals surface area (Å²) < 4.78 is 15.5. The van der Waals surface area contributed by atoms with Crippen molar-refractivity contribution in [2.24, 2.45) is 12.8 Å². The minimum Gasteiger partial charge on any atom is -0.330 e. The Hall–Kier alpha value is -1.68. The van der Waals surface area contributed by atoms with Crippen LogP contribution in [0.5, 0.6) is 0 Å². The number of rotatable bonds is 5. The zero-order valence-corrected chi connectivity index (χ0v) is 10.5. The molecule has 0 amide bonds. The van der Waals surface area contributed by atoms with Crippen LogP contribution in [-0.2, 0) is 13.5 Å². The molecule has 18 heavy (non-hydrogen) atoms. The fourth-order valence-corrected chi connectivity index (χ4v) is 2.15. The van der Waals surface area contributed by atoms with Crippen LogP contribution in [-0.4, -0.2) is 16.3 Å². The number of aryl methyl sites for hydroxylation is 2. The Morgan fingerprint density at radius 2 is 2.17 bits per heavy atom. The Balaban J connectivity index is 2.04. The number of hydrogen-bond acceptors (Lipinski definition) is 2. The highest BCUT2D eigenvalue weighted by molar-refractivity contribution is 5.22. The van der Waals surface area contributed by atoms with Crippen LogP contribution in [0.2, 0.25) is 0 Å². The standard InChI is InChI=1S/C14H18FN3/c1-18-10-11(9-17-18)6-7-12(8-16)13-4-2-3-5-14(13)15/h2-5,9-10,12H,6-8,16H2,1H3. The van der Waals surface area contributed by atoms with E-state index in [9.17, 15) is 4.39 Å². The normalized spacial score (nSPS) is 12.6. The van der Waals surface area contributed by atoms with Gasteiger partial charge in [-0.3, -0.25) is 4.68 Å². The number of nitrogens with two attached hydrogens (primary N) is 1. The molecule has 0 aliphatic heterocycles. The zero-order valence-electron chi connectivity index (χ0n) is 10.5. The Kier molecular flexibility index (Phi) is 4.10. The fraction of sp³-hybridized carbons (Fsp3) is 0.357. The van der Waals surface area contributed by atoms with Gasteiger partial charge in [-0.15, -0.1) is 0 Å². The molecule has 0 bridgehead atoms. The van der Waals surface area contributed by atoms with Gasteiger partial charge >= 0.3 is 0 Å². The molecule has 1 heterocycles. The molecule has 0 radical (unpaired) electrons. The Labute approximate surface area is 106 Å². The van der Waals surface area contributed by atoms with Crippen LogP contribution in [0.1, 0.15) is 23.5 Å². The minimum absolute atomic E-state index is 0.0615. The highest BCUT2D eigenvalue weighted by Crippen LogP contribution is 2.23. The van der Waals surface area contributed by atoms with E-state index < -0.39 is 0 Å². The molecule has 1 unspecified atom stereocenters. The van der Waals surface area contributed by atoms with Crippen molar-refractivity contribution in [3.8, 4) is 0 Å². The van der Waals surface area contributed by atoms with Crippen molar-refractivity contribution in [3.05, 3.63) is 53.6 Å². The second kappa shape index (κ2) is 5.78. The van der Waals surface area contributed by atoms with Gasteiger partial charge in [-0.2, -0.15) is 5.10 Å². The fourth-order valence-electron chi connectivity index (χ4n) is 2.15. The molecule has 0 aliphatic carbocycles. The summed E-state index contributed by atoms with van der Waals surface area (Å²) in [6.07, 6.45) is 5.52. The lowest BCUT2D eigenvalue weighted by Crippen LogP contribution is -2.14.